The summed E-state index contributed by atoms with van der Waals surface area (Å²) in [6, 6.07) is 8.76. The van der Waals surface area contributed by atoms with E-state index < -0.39 is 5.60 Å². The minimum atomic E-state index is -0.749. The maximum absolute atomic E-state index is 11.0. The Morgan fingerprint density at radius 1 is 1.35 bits per heavy atom. The Kier molecular flexibility index (Phi) is 5.14. The Morgan fingerprint density at radius 2 is 2.19 bits per heavy atom. The van der Waals surface area contributed by atoms with E-state index in [1.165, 1.54) is 20.4 Å². The van der Waals surface area contributed by atoms with E-state index in [0.717, 1.165) is 23.4 Å². The average molecular weight is 406 g/mol. The Morgan fingerprint density at radius 3 is 3.00 bits per heavy atom. The topological polar surface area (TPSA) is 32.7 Å². The molecule has 26 heavy (non-hydrogen) atoms. The van der Waals surface area contributed by atoms with Gasteiger partial charge in [0.1, 0.15) is 0 Å². The van der Waals surface area contributed by atoms with Crippen LogP contribution in [0, 0.1) is 0 Å². The zero-order valence-electron chi connectivity index (χ0n) is 15.0. The number of thiocarbonyl (C=S) groups is 1. The van der Waals surface area contributed by atoms with E-state index in [9.17, 15) is 5.11 Å². The number of anilines is 1. The highest BCUT2D eigenvalue weighted by Gasteiger charge is 2.35. The normalized spacial score (nSPS) is 26.0. The summed E-state index contributed by atoms with van der Waals surface area (Å²) in [6.45, 7) is 2.65. The summed E-state index contributed by atoms with van der Waals surface area (Å²) >= 11 is 8.89. The molecule has 6 heteroatoms. The molecule has 0 saturated carbocycles. The number of thiophene rings is 1. The van der Waals surface area contributed by atoms with Gasteiger partial charge in [-0.25, -0.2) is 0 Å². The lowest BCUT2D eigenvalue weighted by Crippen LogP contribution is -2.37. The van der Waals surface area contributed by atoms with Crippen molar-refractivity contribution in [1.29, 1.82) is 0 Å². The van der Waals surface area contributed by atoms with Gasteiger partial charge in [-0.05, 0) is 54.1 Å². The molecule has 1 saturated heterocycles. The van der Waals surface area contributed by atoms with Gasteiger partial charge in [-0.2, -0.15) is 0 Å². The van der Waals surface area contributed by atoms with Gasteiger partial charge in [-0.15, -0.1) is 11.3 Å². The van der Waals surface area contributed by atoms with Crippen LogP contribution in [0.5, 0.6) is 0 Å². The number of rotatable bonds is 3. The molecular weight excluding hydrogens is 382 g/mol. The maximum atomic E-state index is 11.0. The summed E-state index contributed by atoms with van der Waals surface area (Å²) in [5, 5.41) is 13.1. The van der Waals surface area contributed by atoms with Gasteiger partial charge in [-0.1, -0.05) is 24.0 Å². The van der Waals surface area contributed by atoms with Crippen molar-refractivity contribution < 1.29 is 9.84 Å². The molecule has 1 fully saturated rings. The van der Waals surface area contributed by atoms with Gasteiger partial charge in [0.15, 0.2) is 0 Å². The highest BCUT2D eigenvalue weighted by atomic mass is 32.2. The van der Waals surface area contributed by atoms with Crippen molar-refractivity contribution in [1.82, 2.24) is 0 Å². The largest absolute Gasteiger partial charge is 0.385 e. The molecular formula is C20H23NO2S3. The SMILES string of the molecule is CC1CC(O)(c2csc(Sc3ccc4c(c3)CCC(=S)N4C)c2)CCO1. The number of fused-ring (bicyclic) bond motifs is 1. The van der Waals surface area contributed by atoms with Crippen molar-refractivity contribution in [3.63, 3.8) is 0 Å². The monoisotopic (exact) mass is 405 g/mol. The van der Waals surface area contributed by atoms with Crippen molar-refractivity contribution in [3.05, 3.63) is 40.8 Å². The Hall–Kier alpha value is -0.920. The number of ether oxygens (including phenoxy) is 1. The predicted octanol–water partition coefficient (Wildman–Crippen LogP) is 5.00. The fourth-order valence-electron chi connectivity index (χ4n) is 3.75. The molecule has 1 aromatic carbocycles. The predicted molar refractivity (Wildman–Crippen MR) is 113 cm³/mol. The van der Waals surface area contributed by atoms with Gasteiger partial charge >= 0.3 is 0 Å². The van der Waals surface area contributed by atoms with Gasteiger partial charge < -0.3 is 14.7 Å². The van der Waals surface area contributed by atoms with Crippen LogP contribution >= 0.6 is 35.3 Å². The standard InChI is InChI=1S/C20H23NO2S3/c1-13-11-20(22,7-8-23-13)15-10-19(25-12-15)26-16-4-5-17-14(9-16)3-6-18(24)21(17)2/h4-5,9-10,12-13,22H,3,6-8,11H2,1-2H3. The summed E-state index contributed by atoms with van der Waals surface area (Å²) in [5.74, 6) is 0. The second-order valence-electron chi connectivity index (χ2n) is 7.17. The second-order valence-corrected chi connectivity index (χ2v) is 9.92. The molecule has 0 bridgehead atoms. The van der Waals surface area contributed by atoms with Gasteiger partial charge in [0, 0.05) is 36.9 Å². The molecule has 3 heterocycles. The average Bonchev–Trinajstić information content (AvgIpc) is 3.07. The van der Waals surface area contributed by atoms with E-state index in [4.69, 9.17) is 17.0 Å². The molecule has 2 aliphatic rings. The third kappa shape index (κ3) is 3.58. The molecule has 0 radical (unpaired) electrons. The zero-order chi connectivity index (χ0) is 18.3. The zero-order valence-corrected chi connectivity index (χ0v) is 17.5. The molecule has 1 aromatic heterocycles. The molecule has 2 aromatic rings. The van der Waals surface area contributed by atoms with Crippen molar-refractivity contribution in [2.75, 3.05) is 18.6 Å². The lowest BCUT2D eigenvalue weighted by atomic mass is 9.86. The quantitative estimate of drug-likeness (QED) is 0.727. The molecule has 0 spiro atoms. The lowest BCUT2D eigenvalue weighted by Gasteiger charge is -2.35. The van der Waals surface area contributed by atoms with Crippen LogP contribution in [0.3, 0.4) is 0 Å². The van der Waals surface area contributed by atoms with Crippen LogP contribution in [0.1, 0.15) is 37.3 Å². The van der Waals surface area contributed by atoms with Crippen LogP contribution < -0.4 is 4.90 Å². The van der Waals surface area contributed by atoms with E-state index in [1.54, 1.807) is 23.1 Å². The molecule has 4 rings (SSSR count). The fraction of sp³-hybridized carbons (Fsp3) is 0.450. The molecule has 2 unspecified atom stereocenters. The van der Waals surface area contributed by atoms with Crippen LogP contribution in [-0.2, 0) is 16.8 Å². The Labute approximate surface area is 168 Å². The van der Waals surface area contributed by atoms with E-state index in [2.05, 4.69) is 34.5 Å². The summed E-state index contributed by atoms with van der Waals surface area (Å²) in [5.41, 5.74) is 2.87. The number of aliphatic hydroxyl groups is 1. The first-order chi connectivity index (χ1) is 12.4. The third-order valence-corrected chi connectivity index (χ3v) is 7.82. The highest BCUT2D eigenvalue weighted by Crippen LogP contribution is 2.41. The van der Waals surface area contributed by atoms with Crippen molar-refractivity contribution in [3.8, 4) is 0 Å². The van der Waals surface area contributed by atoms with Crippen molar-refractivity contribution in [2.45, 2.75) is 53.4 Å². The van der Waals surface area contributed by atoms with Crippen LogP contribution in [0.4, 0.5) is 5.69 Å². The summed E-state index contributed by atoms with van der Waals surface area (Å²) in [4.78, 5) is 4.37. The first kappa shape index (κ1) is 18.4. The van der Waals surface area contributed by atoms with E-state index >= 15 is 0 Å². The summed E-state index contributed by atoms with van der Waals surface area (Å²) < 4.78 is 6.81. The van der Waals surface area contributed by atoms with E-state index in [-0.39, 0.29) is 6.10 Å². The summed E-state index contributed by atoms with van der Waals surface area (Å²) in [7, 11) is 2.05. The Balaban J connectivity index is 1.52. The minimum absolute atomic E-state index is 0.105. The summed E-state index contributed by atoms with van der Waals surface area (Å²) in [6.07, 6.45) is 3.40. The number of hydrogen-bond donors (Lipinski definition) is 1. The molecule has 138 valence electrons. The molecule has 2 atom stereocenters. The van der Waals surface area contributed by atoms with Crippen LogP contribution in [0.15, 0.2) is 38.8 Å². The molecule has 1 N–H and O–H groups in total. The molecule has 0 aliphatic carbocycles. The van der Waals surface area contributed by atoms with Crippen LogP contribution in [0.2, 0.25) is 0 Å². The fourth-order valence-corrected chi connectivity index (χ4v) is 6.06. The van der Waals surface area contributed by atoms with E-state index in [1.807, 2.05) is 14.0 Å². The van der Waals surface area contributed by atoms with Gasteiger partial charge in [0.25, 0.3) is 0 Å². The molecule has 3 nitrogen and oxygen atoms in total. The second kappa shape index (κ2) is 7.24. The lowest BCUT2D eigenvalue weighted by molar-refractivity contribution is -0.101. The molecule has 2 aliphatic heterocycles. The van der Waals surface area contributed by atoms with Gasteiger partial charge in [-0.3, -0.25) is 0 Å². The third-order valence-electron chi connectivity index (χ3n) is 5.27. The minimum Gasteiger partial charge on any atom is -0.385 e. The van der Waals surface area contributed by atoms with Gasteiger partial charge in [0.05, 0.1) is 27.5 Å². The van der Waals surface area contributed by atoms with Crippen LogP contribution in [0.25, 0.3) is 0 Å². The van der Waals surface area contributed by atoms with E-state index in [0.29, 0.717) is 19.4 Å². The number of nitrogens with zero attached hydrogens (tertiary/aromatic N) is 1. The first-order valence-corrected chi connectivity index (χ1v) is 11.1. The van der Waals surface area contributed by atoms with Gasteiger partial charge in [0.2, 0.25) is 0 Å². The maximum Gasteiger partial charge on any atom is 0.0951 e. The number of benzene rings is 1. The highest BCUT2D eigenvalue weighted by molar-refractivity contribution is 8.01. The number of hydrogen-bond acceptors (Lipinski definition) is 5. The van der Waals surface area contributed by atoms with Crippen molar-refractivity contribution in [2.24, 2.45) is 0 Å². The molecule has 0 amide bonds. The van der Waals surface area contributed by atoms with Crippen LogP contribution in [-0.4, -0.2) is 29.9 Å². The Bertz CT molecular complexity index is 834. The smallest absolute Gasteiger partial charge is 0.0951 e. The number of aryl methyl sites for hydroxylation is 1. The first-order valence-electron chi connectivity index (χ1n) is 8.95. The van der Waals surface area contributed by atoms with Crippen molar-refractivity contribution >= 4 is 46.0 Å².